The van der Waals surface area contributed by atoms with E-state index in [2.05, 4.69) is 5.29 Å². The fourth-order valence-corrected chi connectivity index (χ4v) is 6.73. The molecule has 0 aliphatic carbocycles. The number of rotatable bonds is 4. The van der Waals surface area contributed by atoms with Crippen LogP contribution in [0, 0.1) is 4.91 Å². The molecule has 2 heterocycles. The summed E-state index contributed by atoms with van der Waals surface area (Å²) in [6.45, 7) is 3.53. The molecular weight excluding hydrogens is 338 g/mol. The van der Waals surface area contributed by atoms with E-state index in [1.807, 2.05) is 0 Å². The maximum Gasteiger partial charge on any atom is 0.247 e. The van der Waals surface area contributed by atoms with Crippen molar-refractivity contribution < 1.29 is 16.8 Å². The van der Waals surface area contributed by atoms with E-state index in [0.717, 1.165) is 0 Å². The summed E-state index contributed by atoms with van der Waals surface area (Å²) in [5.41, 5.74) is 0.281. The first kappa shape index (κ1) is 16.3. The van der Waals surface area contributed by atoms with Gasteiger partial charge in [0.15, 0.2) is 9.84 Å². The van der Waals surface area contributed by atoms with Crippen molar-refractivity contribution in [3.8, 4) is 0 Å². The van der Waals surface area contributed by atoms with Crippen molar-refractivity contribution in [2.24, 2.45) is 10.4 Å². The maximum absolute atomic E-state index is 12.3. The molecule has 0 radical (unpaired) electrons. The fourth-order valence-electron chi connectivity index (χ4n) is 2.33. The van der Waals surface area contributed by atoms with Gasteiger partial charge in [-0.3, -0.25) is 5.01 Å². The van der Waals surface area contributed by atoms with Crippen LogP contribution in [0.3, 0.4) is 0 Å². The summed E-state index contributed by atoms with van der Waals surface area (Å²) in [5, 5.41) is 8.45. The first-order chi connectivity index (χ1) is 9.62. The van der Waals surface area contributed by atoms with Crippen LogP contribution in [0.5, 0.6) is 0 Å². The molecule has 0 saturated heterocycles. The quantitative estimate of drug-likeness (QED) is 0.635. The van der Waals surface area contributed by atoms with Crippen LogP contribution in [0.25, 0.3) is 0 Å². The monoisotopic (exact) mass is 353 g/mol. The van der Waals surface area contributed by atoms with Gasteiger partial charge < -0.3 is 0 Å². The van der Waals surface area contributed by atoms with E-state index in [0.29, 0.717) is 17.9 Å². The van der Waals surface area contributed by atoms with Gasteiger partial charge in [0.25, 0.3) is 0 Å². The predicted molar refractivity (Wildman–Crippen MR) is 77.9 cm³/mol. The topological polar surface area (TPSA) is 127 Å². The Bertz CT molecular complexity index is 768. The summed E-state index contributed by atoms with van der Waals surface area (Å²) in [7, 11) is -7.62. The molecule has 2 atom stereocenters. The van der Waals surface area contributed by atoms with Crippen LogP contribution in [-0.2, 0) is 19.9 Å². The second kappa shape index (κ2) is 5.30. The second-order valence-corrected chi connectivity index (χ2v) is 10.2. The van der Waals surface area contributed by atoms with E-state index in [4.69, 9.17) is 5.14 Å². The Hall–Kier alpha value is -1.04. The van der Waals surface area contributed by atoms with E-state index in [9.17, 15) is 21.7 Å². The van der Waals surface area contributed by atoms with Crippen LogP contribution >= 0.6 is 11.3 Å². The number of nitrogens with two attached hydrogens (primary N) is 1. The first-order valence-electron chi connectivity index (χ1n) is 6.13. The molecule has 0 bridgehead atoms. The lowest BCUT2D eigenvalue weighted by molar-refractivity contribution is 0.197. The van der Waals surface area contributed by atoms with Gasteiger partial charge in [-0.25, -0.2) is 22.0 Å². The summed E-state index contributed by atoms with van der Waals surface area (Å²) >= 11 is 0.624. The second-order valence-electron chi connectivity index (χ2n) is 4.80. The lowest BCUT2D eigenvalue weighted by Crippen LogP contribution is -2.34. The lowest BCUT2D eigenvalue weighted by atomic mass is 10.0. The number of primary sulfonamides is 1. The number of sulfonamides is 1. The highest BCUT2D eigenvalue weighted by molar-refractivity contribution is 7.95. The SMILES string of the molecule is CCN(N=O)[C@H]1C[C@H](C)S(=O)(=O)c2sc(S(N)(=O)=O)cc21. The van der Waals surface area contributed by atoms with Crippen molar-refractivity contribution in [2.45, 2.75) is 40.0 Å². The molecule has 0 saturated carbocycles. The standard InChI is InChI=1S/C10H15N3O5S3/c1-3-13(12-14)8-4-6(2)20(15,16)10-7(8)5-9(19-10)21(11,17)18/h5-6,8H,3-4H2,1-2H3,(H2,11,17,18)/t6-,8-/m0/s1. The van der Waals surface area contributed by atoms with Crippen molar-refractivity contribution in [3.63, 3.8) is 0 Å². The Labute approximate surface area is 126 Å². The van der Waals surface area contributed by atoms with Crippen LogP contribution in [0.2, 0.25) is 0 Å². The molecular formula is C10H15N3O5S3. The van der Waals surface area contributed by atoms with Crippen molar-refractivity contribution in [3.05, 3.63) is 16.5 Å². The minimum Gasteiger partial charge on any atom is -0.254 e. The van der Waals surface area contributed by atoms with Gasteiger partial charge in [0, 0.05) is 12.1 Å². The number of sulfone groups is 1. The highest BCUT2D eigenvalue weighted by Gasteiger charge is 2.41. The van der Waals surface area contributed by atoms with Gasteiger partial charge in [0.2, 0.25) is 10.0 Å². The molecule has 1 aliphatic heterocycles. The van der Waals surface area contributed by atoms with Crippen LogP contribution in [0.15, 0.2) is 19.8 Å². The molecule has 2 N–H and O–H groups in total. The lowest BCUT2D eigenvalue weighted by Gasteiger charge is -2.31. The zero-order valence-electron chi connectivity index (χ0n) is 11.4. The van der Waals surface area contributed by atoms with Crippen molar-refractivity contribution in [1.29, 1.82) is 0 Å². The Kier molecular flexibility index (Phi) is 4.12. The number of nitroso groups, excluding NO2 is 1. The zero-order chi connectivity index (χ0) is 16.0. The van der Waals surface area contributed by atoms with E-state index in [1.165, 1.54) is 18.0 Å². The number of nitrogens with zero attached hydrogens (tertiary/aromatic N) is 2. The number of hydrogen-bond acceptors (Lipinski definition) is 7. The van der Waals surface area contributed by atoms with Crippen molar-refractivity contribution in [2.75, 3.05) is 6.54 Å². The molecule has 1 aromatic heterocycles. The maximum atomic E-state index is 12.3. The van der Waals surface area contributed by atoms with Gasteiger partial charge in [-0.2, -0.15) is 0 Å². The third kappa shape index (κ3) is 2.70. The highest BCUT2D eigenvalue weighted by Crippen LogP contribution is 2.44. The molecule has 0 unspecified atom stereocenters. The van der Waals surface area contributed by atoms with Crippen LogP contribution in [0.1, 0.15) is 31.9 Å². The van der Waals surface area contributed by atoms with Gasteiger partial charge in [-0.1, -0.05) is 0 Å². The first-order valence-corrected chi connectivity index (χ1v) is 10.0. The Morgan fingerprint density at radius 2 is 2.14 bits per heavy atom. The molecule has 8 nitrogen and oxygen atoms in total. The third-order valence-corrected chi connectivity index (χ3v) is 8.79. The minimum absolute atomic E-state index is 0.0441. The number of thiophene rings is 1. The predicted octanol–water partition coefficient (Wildman–Crippen LogP) is 1.01. The molecule has 118 valence electrons. The normalized spacial score (nSPS) is 24.3. The largest absolute Gasteiger partial charge is 0.254 e. The summed E-state index contributed by atoms with van der Waals surface area (Å²) in [6.07, 6.45) is 0.176. The summed E-state index contributed by atoms with van der Waals surface area (Å²) < 4.78 is 47.3. The Morgan fingerprint density at radius 3 is 2.62 bits per heavy atom. The van der Waals surface area contributed by atoms with Gasteiger partial charge in [0.05, 0.1) is 16.6 Å². The smallest absolute Gasteiger partial charge is 0.247 e. The van der Waals surface area contributed by atoms with Crippen molar-refractivity contribution >= 4 is 31.2 Å². The number of hydrogen-bond donors (Lipinski definition) is 1. The molecule has 1 aliphatic rings. The molecule has 0 spiro atoms. The van der Waals surface area contributed by atoms with Gasteiger partial charge in [-0.15, -0.1) is 16.2 Å². The zero-order valence-corrected chi connectivity index (χ0v) is 13.8. The molecule has 1 aromatic rings. The Morgan fingerprint density at radius 1 is 1.52 bits per heavy atom. The fraction of sp³-hybridized carbons (Fsp3) is 0.600. The highest BCUT2D eigenvalue weighted by atomic mass is 32.3. The average Bonchev–Trinajstić information content (AvgIpc) is 2.83. The van der Waals surface area contributed by atoms with E-state index >= 15 is 0 Å². The molecule has 2 rings (SSSR count). The van der Waals surface area contributed by atoms with E-state index in [-0.39, 0.29) is 20.4 Å². The van der Waals surface area contributed by atoms with Crippen LogP contribution < -0.4 is 5.14 Å². The van der Waals surface area contributed by atoms with Gasteiger partial charge in [0.1, 0.15) is 8.42 Å². The van der Waals surface area contributed by atoms with Gasteiger partial charge >= 0.3 is 0 Å². The third-order valence-electron chi connectivity index (χ3n) is 3.47. The van der Waals surface area contributed by atoms with Crippen molar-refractivity contribution in [1.82, 2.24) is 5.01 Å². The molecule has 0 fully saturated rings. The average molecular weight is 353 g/mol. The molecule has 0 amide bonds. The summed E-state index contributed by atoms with van der Waals surface area (Å²) in [5.74, 6) is 0. The molecule has 0 aromatic carbocycles. The van der Waals surface area contributed by atoms with E-state index in [1.54, 1.807) is 6.92 Å². The van der Waals surface area contributed by atoms with Crippen LogP contribution in [0.4, 0.5) is 0 Å². The van der Waals surface area contributed by atoms with Gasteiger partial charge in [-0.05, 0) is 26.3 Å². The molecule has 21 heavy (non-hydrogen) atoms. The van der Waals surface area contributed by atoms with E-state index < -0.39 is 31.2 Å². The van der Waals surface area contributed by atoms with Crippen LogP contribution in [-0.4, -0.2) is 33.6 Å². The Balaban J connectivity index is 2.69. The number of fused-ring (bicyclic) bond motifs is 1. The summed E-state index contributed by atoms with van der Waals surface area (Å²) in [4.78, 5) is 10.9. The molecule has 11 heteroatoms. The summed E-state index contributed by atoms with van der Waals surface area (Å²) in [6, 6.07) is 0.671. The minimum atomic E-state index is -4.00.